The summed E-state index contributed by atoms with van der Waals surface area (Å²) >= 11 is 0. The number of carboxylic acid groups (broad SMARTS) is 1. The predicted molar refractivity (Wildman–Crippen MR) is 83.9 cm³/mol. The molecule has 1 aliphatic rings. The molecule has 9 heteroatoms. The van der Waals surface area contributed by atoms with Gasteiger partial charge >= 0.3 is 5.97 Å². The zero-order chi connectivity index (χ0) is 18.1. The van der Waals surface area contributed by atoms with Crippen LogP contribution in [0.15, 0.2) is 0 Å². The summed E-state index contributed by atoms with van der Waals surface area (Å²) in [6, 6.07) is -3.15. The normalized spacial score (nSPS) is 27.9. The fourth-order valence-electron chi connectivity index (χ4n) is 2.38. The highest BCUT2D eigenvalue weighted by Crippen LogP contribution is 2.09. The van der Waals surface area contributed by atoms with Gasteiger partial charge in [0.25, 0.3) is 0 Å². The van der Waals surface area contributed by atoms with Gasteiger partial charge in [-0.05, 0) is 19.8 Å². The highest BCUT2D eigenvalue weighted by molar-refractivity contribution is 5.93. The molecular weight excluding hydrogens is 318 g/mol. The van der Waals surface area contributed by atoms with E-state index >= 15 is 0 Å². The van der Waals surface area contributed by atoms with Crippen molar-refractivity contribution in [2.75, 3.05) is 6.61 Å². The third-order valence-corrected chi connectivity index (χ3v) is 3.85. The van der Waals surface area contributed by atoms with Crippen molar-refractivity contribution >= 4 is 23.7 Å². The van der Waals surface area contributed by atoms with Crippen molar-refractivity contribution in [2.45, 2.75) is 63.6 Å². The highest BCUT2D eigenvalue weighted by atomic mass is 16.4. The number of hydrogen-bond donors (Lipinski definition) is 5. The van der Waals surface area contributed by atoms with Crippen LogP contribution < -0.4 is 16.0 Å². The molecule has 0 spiro atoms. The molecule has 0 saturated carbocycles. The standard InChI is InChI=1S/C15H25N3O6/c1-9-13(21)18-10(15(23)24)6-4-2-3-5-7-12(20)17-11(8-19)14(22)16-9/h9-11,19H,2-8H2,1H3,(H,16,22)(H,17,20)(H,18,21)(H,23,24)/t9-,10?,11?/m0/s1. The van der Waals surface area contributed by atoms with E-state index < -0.39 is 42.5 Å². The van der Waals surface area contributed by atoms with E-state index in [0.29, 0.717) is 12.8 Å². The Morgan fingerprint density at radius 1 is 1.04 bits per heavy atom. The fourth-order valence-corrected chi connectivity index (χ4v) is 2.38. The van der Waals surface area contributed by atoms with Gasteiger partial charge in [-0.15, -0.1) is 0 Å². The number of carboxylic acids is 1. The number of carbonyl (C=O) groups is 4. The molecule has 0 aliphatic carbocycles. The number of rotatable bonds is 2. The van der Waals surface area contributed by atoms with E-state index in [9.17, 15) is 24.3 Å². The number of nitrogens with one attached hydrogen (secondary N) is 3. The molecule has 1 heterocycles. The quantitative estimate of drug-likeness (QED) is 0.430. The van der Waals surface area contributed by atoms with Crippen LogP contribution in [-0.2, 0) is 19.2 Å². The summed E-state index contributed by atoms with van der Waals surface area (Å²) in [7, 11) is 0. The van der Waals surface area contributed by atoms with E-state index in [1.165, 1.54) is 6.92 Å². The largest absolute Gasteiger partial charge is 0.480 e. The van der Waals surface area contributed by atoms with Crippen LogP contribution >= 0.6 is 0 Å². The van der Waals surface area contributed by atoms with E-state index in [2.05, 4.69) is 16.0 Å². The first kappa shape index (κ1) is 19.9. The Morgan fingerprint density at radius 2 is 1.71 bits per heavy atom. The molecule has 0 aromatic heterocycles. The van der Waals surface area contributed by atoms with E-state index in [1.807, 2.05) is 0 Å². The second-order valence-electron chi connectivity index (χ2n) is 5.89. The number of aliphatic hydroxyl groups excluding tert-OH is 1. The molecule has 136 valence electrons. The second-order valence-corrected chi connectivity index (χ2v) is 5.89. The second kappa shape index (κ2) is 9.86. The van der Waals surface area contributed by atoms with Gasteiger partial charge in [0.15, 0.2) is 0 Å². The first-order valence-electron chi connectivity index (χ1n) is 8.09. The van der Waals surface area contributed by atoms with E-state index in [0.717, 1.165) is 12.8 Å². The minimum absolute atomic E-state index is 0.221. The zero-order valence-electron chi connectivity index (χ0n) is 13.7. The average molecular weight is 343 g/mol. The van der Waals surface area contributed by atoms with Crippen LogP contribution in [0, 0.1) is 0 Å². The number of aliphatic hydroxyl groups is 1. The van der Waals surface area contributed by atoms with Crippen molar-refractivity contribution in [3.05, 3.63) is 0 Å². The Morgan fingerprint density at radius 3 is 2.33 bits per heavy atom. The monoisotopic (exact) mass is 343 g/mol. The van der Waals surface area contributed by atoms with Gasteiger partial charge in [-0.3, -0.25) is 14.4 Å². The molecule has 5 N–H and O–H groups in total. The Hall–Kier alpha value is -2.16. The molecule has 24 heavy (non-hydrogen) atoms. The average Bonchev–Trinajstić information content (AvgIpc) is 2.53. The summed E-state index contributed by atoms with van der Waals surface area (Å²) in [5.74, 6) is -2.81. The van der Waals surface area contributed by atoms with Gasteiger partial charge in [-0.1, -0.05) is 19.3 Å². The lowest BCUT2D eigenvalue weighted by atomic mass is 10.1. The molecule has 0 aromatic rings. The Bertz CT molecular complexity index is 482. The van der Waals surface area contributed by atoms with Gasteiger partial charge < -0.3 is 26.2 Å². The molecule has 1 rings (SSSR count). The maximum Gasteiger partial charge on any atom is 0.326 e. The van der Waals surface area contributed by atoms with Crippen molar-refractivity contribution in [3.8, 4) is 0 Å². The summed E-state index contributed by atoms with van der Waals surface area (Å²) in [4.78, 5) is 47.0. The van der Waals surface area contributed by atoms with Crippen LogP contribution in [0.2, 0.25) is 0 Å². The van der Waals surface area contributed by atoms with Crippen molar-refractivity contribution in [2.24, 2.45) is 0 Å². The van der Waals surface area contributed by atoms with E-state index in [-0.39, 0.29) is 18.7 Å². The van der Waals surface area contributed by atoms with Gasteiger partial charge in [-0.25, -0.2) is 4.79 Å². The van der Waals surface area contributed by atoms with E-state index in [4.69, 9.17) is 5.11 Å². The molecule has 0 aromatic carbocycles. The van der Waals surface area contributed by atoms with Crippen LogP contribution in [-0.4, -0.2) is 58.6 Å². The Labute approximate surface area is 140 Å². The van der Waals surface area contributed by atoms with Gasteiger partial charge in [0.2, 0.25) is 17.7 Å². The lowest BCUT2D eigenvalue weighted by Crippen LogP contribution is -2.55. The lowest BCUT2D eigenvalue weighted by molar-refractivity contribution is -0.142. The summed E-state index contributed by atoms with van der Waals surface area (Å²) in [5.41, 5.74) is 0. The third kappa shape index (κ3) is 6.53. The number of hydrogen-bond acceptors (Lipinski definition) is 5. The molecule has 3 amide bonds. The maximum absolute atomic E-state index is 12.0. The lowest BCUT2D eigenvalue weighted by Gasteiger charge is -2.21. The fraction of sp³-hybridized carbons (Fsp3) is 0.733. The van der Waals surface area contributed by atoms with Crippen LogP contribution in [0.25, 0.3) is 0 Å². The molecule has 1 fully saturated rings. The van der Waals surface area contributed by atoms with Gasteiger partial charge in [-0.2, -0.15) is 0 Å². The third-order valence-electron chi connectivity index (χ3n) is 3.85. The Balaban J connectivity index is 2.82. The van der Waals surface area contributed by atoms with Crippen LogP contribution in [0.4, 0.5) is 0 Å². The van der Waals surface area contributed by atoms with Crippen molar-refractivity contribution in [1.82, 2.24) is 16.0 Å². The molecule has 1 aliphatic heterocycles. The van der Waals surface area contributed by atoms with Crippen molar-refractivity contribution < 1.29 is 29.4 Å². The van der Waals surface area contributed by atoms with Crippen molar-refractivity contribution in [3.63, 3.8) is 0 Å². The molecule has 3 atom stereocenters. The smallest absolute Gasteiger partial charge is 0.326 e. The van der Waals surface area contributed by atoms with Crippen LogP contribution in [0.5, 0.6) is 0 Å². The summed E-state index contributed by atoms with van der Waals surface area (Å²) in [6.45, 7) is 0.810. The highest BCUT2D eigenvalue weighted by Gasteiger charge is 2.26. The van der Waals surface area contributed by atoms with Gasteiger partial charge in [0.1, 0.15) is 18.1 Å². The number of amides is 3. The first-order chi connectivity index (χ1) is 11.3. The molecule has 9 nitrogen and oxygen atoms in total. The van der Waals surface area contributed by atoms with Crippen molar-refractivity contribution in [1.29, 1.82) is 0 Å². The molecule has 0 radical (unpaired) electrons. The van der Waals surface area contributed by atoms with Crippen LogP contribution in [0.1, 0.15) is 45.4 Å². The SMILES string of the molecule is C[C@@H]1NC(=O)C(CO)NC(=O)CCCCCCC(C(=O)O)NC1=O. The molecule has 0 bridgehead atoms. The van der Waals surface area contributed by atoms with Gasteiger partial charge in [0, 0.05) is 6.42 Å². The predicted octanol–water partition coefficient (Wildman–Crippen LogP) is -1.11. The maximum atomic E-state index is 12.0. The van der Waals surface area contributed by atoms with E-state index in [1.54, 1.807) is 0 Å². The topological polar surface area (TPSA) is 145 Å². The Kier molecular flexibility index (Phi) is 8.17. The zero-order valence-corrected chi connectivity index (χ0v) is 13.7. The molecular formula is C15H25N3O6. The number of carbonyl (C=O) groups excluding carboxylic acids is 3. The summed E-state index contributed by atoms with van der Waals surface area (Å²) in [5, 5.41) is 25.6. The summed E-state index contributed by atoms with van der Waals surface area (Å²) in [6.07, 6.45) is 3.19. The molecule has 2 unspecified atom stereocenters. The molecule has 1 saturated heterocycles. The number of aliphatic carboxylic acids is 1. The minimum Gasteiger partial charge on any atom is -0.480 e. The summed E-state index contributed by atoms with van der Waals surface area (Å²) < 4.78 is 0. The van der Waals surface area contributed by atoms with Crippen LogP contribution in [0.3, 0.4) is 0 Å². The van der Waals surface area contributed by atoms with Gasteiger partial charge in [0.05, 0.1) is 6.61 Å². The minimum atomic E-state index is -1.15. The first-order valence-corrected chi connectivity index (χ1v) is 8.09.